The van der Waals surface area contributed by atoms with Crippen LogP contribution in [0.5, 0.6) is 5.75 Å². The number of nitrogens with zero attached hydrogens (tertiary/aromatic N) is 1. The Kier molecular flexibility index (Phi) is 8.01. The molecule has 3 aromatic rings. The minimum absolute atomic E-state index is 0.0591. The zero-order chi connectivity index (χ0) is 29.3. The average Bonchev–Trinajstić information content (AvgIpc) is 3.29. The lowest BCUT2D eigenvalue weighted by Crippen LogP contribution is -2.53. The number of hydrogen-bond acceptors (Lipinski definition) is 4. The number of carboxylic acids is 1. The van der Waals surface area contributed by atoms with E-state index < -0.39 is 11.5 Å². The van der Waals surface area contributed by atoms with Crippen molar-refractivity contribution in [3.05, 3.63) is 94.5 Å². The number of allylic oxidation sites excluding steroid dienone is 1. The van der Waals surface area contributed by atoms with Crippen molar-refractivity contribution in [2.75, 3.05) is 11.9 Å². The van der Waals surface area contributed by atoms with Gasteiger partial charge in [-0.3, -0.25) is 4.98 Å². The quantitative estimate of drug-likeness (QED) is 0.276. The molecule has 0 bridgehead atoms. The summed E-state index contributed by atoms with van der Waals surface area (Å²) in [5.41, 5.74) is 4.82. The maximum Gasteiger partial charge on any atom is 0.329 e. The fourth-order valence-corrected chi connectivity index (χ4v) is 7.99. The standard InChI is InChI=1S/C35H38ClFN2O3/c1-23(22-42-31-12-17-38-32-25(21-37)7-4-10-29(31)32)18-26-19-24-6-2-3-11-30(24)34(26)13-15-35(16-14-34,33(40)41)39-28-9-5-8-27(36)20-28/h2-3,5-6,8-9,11-12,17,20-21,23,26,39H,4,7,10,13-16,18-19,22H2,1H3,(H,40,41)/b25-21+/t23-,26+,34?,35?/m1/s1. The van der Waals surface area contributed by atoms with Crippen molar-refractivity contribution in [1.82, 2.24) is 4.98 Å². The van der Waals surface area contributed by atoms with Crippen LogP contribution in [-0.2, 0) is 23.1 Å². The number of fused-ring (bicyclic) bond motifs is 3. The second-order valence-corrected chi connectivity index (χ2v) is 12.9. The normalized spacial score (nSPS) is 26.5. The number of rotatable bonds is 8. The Hall–Kier alpha value is -3.38. The molecule has 0 saturated heterocycles. The van der Waals surface area contributed by atoms with Gasteiger partial charge in [0.25, 0.3) is 0 Å². The lowest BCUT2D eigenvalue weighted by atomic mass is 9.59. The molecule has 6 rings (SSSR count). The Morgan fingerprint density at radius 2 is 1.98 bits per heavy atom. The largest absolute Gasteiger partial charge is 0.493 e. The third kappa shape index (κ3) is 5.30. The summed E-state index contributed by atoms with van der Waals surface area (Å²) in [5, 5.41) is 14.3. The van der Waals surface area contributed by atoms with Gasteiger partial charge in [-0.1, -0.05) is 48.9 Å². The first-order chi connectivity index (χ1) is 20.3. The maximum atomic E-state index is 13.4. The number of ether oxygens (including phenoxy) is 1. The Labute approximate surface area is 252 Å². The van der Waals surface area contributed by atoms with Gasteiger partial charge in [0.2, 0.25) is 0 Å². The van der Waals surface area contributed by atoms with Crippen molar-refractivity contribution in [1.29, 1.82) is 0 Å². The molecule has 7 heteroatoms. The molecule has 1 spiro atoms. The number of hydrogen-bond donors (Lipinski definition) is 2. The first kappa shape index (κ1) is 28.7. The number of halogens is 2. The van der Waals surface area contributed by atoms with Crippen molar-refractivity contribution in [2.45, 2.75) is 75.7 Å². The molecule has 0 amide bonds. The van der Waals surface area contributed by atoms with Crippen molar-refractivity contribution < 1.29 is 19.0 Å². The number of aromatic nitrogens is 1. The molecule has 0 unspecified atom stereocenters. The number of pyridine rings is 1. The van der Waals surface area contributed by atoms with Gasteiger partial charge in [-0.25, -0.2) is 9.18 Å². The minimum atomic E-state index is -1.03. The van der Waals surface area contributed by atoms with E-state index in [1.165, 1.54) is 11.1 Å². The molecule has 42 heavy (non-hydrogen) atoms. The van der Waals surface area contributed by atoms with Crippen LogP contribution in [-0.4, -0.2) is 28.2 Å². The Morgan fingerprint density at radius 3 is 2.74 bits per heavy atom. The highest BCUT2D eigenvalue weighted by Crippen LogP contribution is 2.56. The molecular formula is C35H38ClFN2O3. The highest BCUT2D eigenvalue weighted by atomic mass is 35.5. The maximum absolute atomic E-state index is 13.4. The molecule has 2 atom stereocenters. The molecule has 2 aromatic carbocycles. The Bertz CT molecular complexity index is 1500. The molecular weight excluding hydrogens is 551 g/mol. The number of nitrogens with one attached hydrogen (secondary N) is 1. The summed E-state index contributed by atoms with van der Waals surface area (Å²) in [6.07, 6.45) is 9.52. The second kappa shape index (κ2) is 11.7. The van der Waals surface area contributed by atoms with Crippen LogP contribution in [0.25, 0.3) is 5.57 Å². The van der Waals surface area contributed by atoms with Gasteiger partial charge in [0, 0.05) is 28.0 Å². The van der Waals surface area contributed by atoms with Crippen molar-refractivity contribution in [3.8, 4) is 5.75 Å². The van der Waals surface area contributed by atoms with Gasteiger partial charge in [-0.05, 0) is 110 Å². The predicted octanol–water partition coefficient (Wildman–Crippen LogP) is 8.41. The van der Waals surface area contributed by atoms with Crippen LogP contribution in [0.4, 0.5) is 10.1 Å². The summed E-state index contributed by atoms with van der Waals surface area (Å²) in [6.45, 7) is 2.81. The van der Waals surface area contributed by atoms with Gasteiger partial charge in [-0.2, -0.15) is 0 Å². The van der Waals surface area contributed by atoms with E-state index >= 15 is 0 Å². The predicted molar refractivity (Wildman–Crippen MR) is 165 cm³/mol. The highest BCUT2D eigenvalue weighted by Gasteiger charge is 2.54. The van der Waals surface area contributed by atoms with Crippen LogP contribution in [0, 0.1) is 11.8 Å². The van der Waals surface area contributed by atoms with Gasteiger partial charge in [0.1, 0.15) is 11.3 Å². The van der Waals surface area contributed by atoms with Gasteiger partial charge in [0.05, 0.1) is 18.6 Å². The zero-order valence-electron chi connectivity index (χ0n) is 24.0. The number of benzene rings is 2. The lowest BCUT2D eigenvalue weighted by Gasteiger charge is -2.47. The molecule has 5 nitrogen and oxygen atoms in total. The lowest BCUT2D eigenvalue weighted by molar-refractivity contribution is -0.144. The van der Waals surface area contributed by atoms with Gasteiger partial charge in [-0.15, -0.1) is 0 Å². The van der Waals surface area contributed by atoms with Crippen molar-refractivity contribution >= 4 is 28.8 Å². The molecule has 220 valence electrons. The Morgan fingerprint density at radius 1 is 1.17 bits per heavy atom. The van der Waals surface area contributed by atoms with Crippen LogP contribution in [0.1, 0.15) is 74.3 Å². The topological polar surface area (TPSA) is 71.5 Å². The molecule has 3 aliphatic carbocycles. The van der Waals surface area contributed by atoms with Gasteiger partial charge in [0.15, 0.2) is 0 Å². The Balaban J connectivity index is 1.19. The summed E-state index contributed by atoms with van der Waals surface area (Å²) >= 11 is 6.20. The van der Waals surface area contributed by atoms with Crippen LogP contribution in [0.3, 0.4) is 0 Å². The van der Waals surface area contributed by atoms with Crippen LogP contribution >= 0.6 is 11.6 Å². The summed E-state index contributed by atoms with van der Waals surface area (Å²) in [7, 11) is 0. The number of carbonyl (C=O) groups is 1. The number of anilines is 1. The first-order valence-corrected chi connectivity index (χ1v) is 15.5. The molecule has 1 aromatic heterocycles. The van der Waals surface area contributed by atoms with Gasteiger partial charge >= 0.3 is 5.97 Å². The molecule has 1 heterocycles. The average molecular weight is 589 g/mol. The third-order valence-electron chi connectivity index (χ3n) is 9.95. The van der Waals surface area contributed by atoms with E-state index in [4.69, 9.17) is 16.3 Å². The van der Waals surface area contributed by atoms with E-state index in [0.717, 1.165) is 61.2 Å². The van der Waals surface area contributed by atoms with Crippen molar-refractivity contribution in [2.24, 2.45) is 11.8 Å². The van der Waals surface area contributed by atoms with E-state index in [9.17, 15) is 14.3 Å². The monoisotopic (exact) mass is 588 g/mol. The number of aliphatic carboxylic acids is 1. The van der Waals surface area contributed by atoms with Crippen LogP contribution in [0.15, 0.2) is 67.1 Å². The summed E-state index contributed by atoms with van der Waals surface area (Å²) in [4.78, 5) is 17.1. The van der Waals surface area contributed by atoms with Crippen LogP contribution in [0.2, 0.25) is 5.02 Å². The molecule has 2 N–H and O–H groups in total. The fraction of sp³-hybridized carbons (Fsp3) is 0.429. The zero-order valence-corrected chi connectivity index (χ0v) is 24.8. The summed E-state index contributed by atoms with van der Waals surface area (Å²) in [5.74, 6) is 0.694. The molecule has 0 radical (unpaired) electrons. The number of carboxylic acid groups (broad SMARTS) is 1. The van der Waals surface area contributed by atoms with Crippen LogP contribution < -0.4 is 10.1 Å². The van der Waals surface area contributed by atoms with E-state index in [2.05, 4.69) is 41.5 Å². The van der Waals surface area contributed by atoms with E-state index in [1.807, 2.05) is 18.2 Å². The molecule has 3 aliphatic rings. The third-order valence-corrected chi connectivity index (χ3v) is 10.2. The van der Waals surface area contributed by atoms with Crippen molar-refractivity contribution in [3.63, 3.8) is 0 Å². The highest BCUT2D eigenvalue weighted by molar-refractivity contribution is 6.30. The van der Waals surface area contributed by atoms with E-state index in [1.54, 1.807) is 18.3 Å². The smallest absolute Gasteiger partial charge is 0.329 e. The summed E-state index contributed by atoms with van der Waals surface area (Å²) in [6, 6.07) is 17.9. The SMILES string of the molecule is C[C@@H](COc1ccnc2c1CCC/C2=C\F)C[C@H]1Cc2ccccc2C12CCC(Nc1cccc(Cl)c1)(C(=O)O)CC2. The summed E-state index contributed by atoms with van der Waals surface area (Å²) < 4.78 is 19.8. The van der Waals surface area contributed by atoms with E-state index in [-0.39, 0.29) is 5.41 Å². The molecule has 0 aliphatic heterocycles. The fourth-order valence-electron chi connectivity index (χ4n) is 7.80. The second-order valence-electron chi connectivity index (χ2n) is 12.5. The molecule has 1 saturated carbocycles. The minimum Gasteiger partial charge on any atom is -0.493 e. The first-order valence-electron chi connectivity index (χ1n) is 15.1. The molecule has 1 fully saturated rings. The van der Waals surface area contributed by atoms with Gasteiger partial charge < -0.3 is 15.2 Å². The van der Waals surface area contributed by atoms with E-state index in [0.29, 0.717) is 54.6 Å².